The summed E-state index contributed by atoms with van der Waals surface area (Å²) in [6.07, 6.45) is 1.63. The number of nitrogen functional groups attached to an aromatic ring is 1. The van der Waals surface area contributed by atoms with Crippen LogP contribution in [0.4, 0.5) is 5.69 Å². The van der Waals surface area contributed by atoms with Crippen LogP contribution in [0.15, 0.2) is 12.8 Å². The Bertz CT molecular complexity index is 240. The van der Waals surface area contributed by atoms with E-state index in [1.54, 1.807) is 10.9 Å². The van der Waals surface area contributed by atoms with Crippen LogP contribution in [0.2, 0.25) is 0 Å². The van der Waals surface area contributed by atoms with Gasteiger partial charge < -0.3 is 5.73 Å². The van der Waals surface area contributed by atoms with Crippen molar-refractivity contribution in [3.8, 4) is 0 Å². The Hall–Kier alpha value is -1.25. The summed E-state index contributed by atoms with van der Waals surface area (Å²) in [5.74, 6) is 0. The molecule has 1 heterocycles. The van der Waals surface area contributed by atoms with Crippen LogP contribution < -0.4 is 5.73 Å². The molecule has 0 unspecified atom stereocenters. The third-order valence-corrected chi connectivity index (χ3v) is 1.37. The van der Waals surface area contributed by atoms with E-state index in [1.807, 2.05) is 14.0 Å². The largest absolute Gasteiger partial charge is 0.396 e. The Morgan fingerprint density at radius 3 is 2.60 bits per heavy atom. The molecule has 0 spiro atoms. The molecule has 54 valence electrons. The minimum absolute atomic E-state index is 0.690. The summed E-state index contributed by atoms with van der Waals surface area (Å²) in [7, 11) is 1.85. The number of anilines is 1. The third kappa shape index (κ3) is 0.900. The highest BCUT2D eigenvalue weighted by Crippen LogP contribution is 2.17. The molecule has 0 saturated heterocycles. The Labute approximate surface area is 60.1 Å². The number of rotatable bonds is 1. The minimum atomic E-state index is 0.690. The van der Waals surface area contributed by atoms with Crippen LogP contribution in [-0.4, -0.2) is 9.78 Å². The van der Waals surface area contributed by atoms with E-state index in [9.17, 15) is 0 Å². The molecule has 0 aliphatic heterocycles. The highest BCUT2D eigenvalue weighted by molar-refractivity contribution is 5.68. The maximum Gasteiger partial charge on any atom is 0.0859 e. The van der Waals surface area contributed by atoms with Gasteiger partial charge in [0.25, 0.3) is 0 Å². The molecule has 1 aromatic rings. The van der Waals surface area contributed by atoms with Crippen molar-refractivity contribution in [1.82, 2.24) is 9.78 Å². The van der Waals surface area contributed by atoms with Crippen molar-refractivity contribution in [2.75, 3.05) is 5.73 Å². The van der Waals surface area contributed by atoms with Crippen molar-refractivity contribution in [1.29, 1.82) is 0 Å². The number of nitrogens with zero attached hydrogens (tertiary/aromatic N) is 2. The topological polar surface area (TPSA) is 43.8 Å². The smallest absolute Gasteiger partial charge is 0.0859 e. The number of nitrogens with two attached hydrogens (primary N) is 1. The lowest BCUT2D eigenvalue weighted by atomic mass is 10.2. The summed E-state index contributed by atoms with van der Waals surface area (Å²) in [5, 5.41) is 3.97. The number of aromatic nitrogens is 2. The van der Waals surface area contributed by atoms with Gasteiger partial charge >= 0.3 is 0 Å². The van der Waals surface area contributed by atoms with Crippen molar-refractivity contribution >= 4 is 11.3 Å². The quantitative estimate of drug-likeness (QED) is 0.628. The third-order valence-electron chi connectivity index (χ3n) is 1.37. The first-order valence-corrected chi connectivity index (χ1v) is 3.06. The first-order valence-electron chi connectivity index (χ1n) is 3.06. The first kappa shape index (κ1) is 6.86. The van der Waals surface area contributed by atoms with E-state index in [-0.39, 0.29) is 0 Å². The molecule has 0 aromatic carbocycles. The zero-order valence-corrected chi connectivity index (χ0v) is 6.26. The van der Waals surface area contributed by atoms with E-state index in [1.165, 1.54) is 0 Å². The number of allylic oxidation sites excluding steroid dienone is 1. The molecule has 0 bridgehead atoms. The van der Waals surface area contributed by atoms with Gasteiger partial charge in [-0.1, -0.05) is 6.58 Å². The van der Waals surface area contributed by atoms with Crippen LogP contribution in [0.1, 0.15) is 12.6 Å². The number of hydrogen-bond donors (Lipinski definition) is 1. The van der Waals surface area contributed by atoms with Gasteiger partial charge in [0, 0.05) is 7.05 Å². The molecule has 3 heteroatoms. The van der Waals surface area contributed by atoms with Crippen LogP contribution >= 0.6 is 0 Å². The fourth-order valence-electron chi connectivity index (χ4n) is 0.977. The van der Waals surface area contributed by atoms with Gasteiger partial charge in [-0.15, -0.1) is 0 Å². The van der Waals surface area contributed by atoms with E-state index < -0.39 is 0 Å². The summed E-state index contributed by atoms with van der Waals surface area (Å²) in [6, 6.07) is 0. The monoisotopic (exact) mass is 137 g/mol. The van der Waals surface area contributed by atoms with Gasteiger partial charge in [-0.3, -0.25) is 4.68 Å². The second-order valence-electron chi connectivity index (χ2n) is 2.35. The van der Waals surface area contributed by atoms with Gasteiger partial charge in [-0.25, -0.2) is 0 Å². The van der Waals surface area contributed by atoms with E-state index in [0.717, 1.165) is 11.3 Å². The van der Waals surface area contributed by atoms with Gasteiger partial charge in [-0.2, -0.15) is 5.10 Å². The standard InChI is InChI=1S/C7H11N3/c1-5(2)7-6(8)4-9-10(7)3/h4H,1,8H2,2-3H3. The van der Waals surface area contributed by atoms with Gasteiger partial charge in [0.15, 0.2) is 0 Å². The predicted molar refractivity (Wildman–Crippen MR) is 42.3 cm³/mol. The molecule has 0 amide bonds. The molecule has 0 saturated carbocycles. The maximum atomic E-state index is 5.60. The second-order valence-corrected chi connectivity index (χ2v) is 2.35. The molecule has 3 nitrogen and oxygen atoms in total. The average molecular weight is 137 g/mol. The molecule has 10 heavy (non-hydrogen) atoms. The number of hydrogen-bond acceptors (Lipinski definition) is 2. The van der Waals surface area contributed by atoms with Gasteiger partial charge in [0.05, 0.1) is 17.6 Å². The summed E-state index contributed by atoms with van der Waals surface area (Å²) < 4.78 is 1.72. The molecule has 0 aliphatic carbocycles. The molecular weight excluding hydrogens is 126 g/mol. The molecule has 0 fully saturated rings. The summed E-state index contributed by atoms with van der Waals surface area (Å²) in [4.78, 5) is 0. The van der Waals surface area contributed by atoms with E-state index in [4.69, 9.17) is 5.73 Å². The molecule has 0 atom stereocenters. The maximum absolute atomic E-state index is 5.60. The minimum Gasteiger partial charge on any atom is -0.396 e. The average Bonchev–Trinajstić information content (AvgIpc) is 2.11. The molecule has 0 aliphatic rings. The second kappa shape index (κ2) is 2.17. The van der Waals surface area contributed by atoms with Crippen molar-refractivity contribution < 1.29 is 0 Å². The normalized spacial score (nSPS) is 9.80. The highest BCUT2D eigenvalue weighted by atomic mass is 15.3. The lowest BCUT2D eigenvalue weighted by molar-refractivity contribution is 0.756. The summed E-state index contributed by atoms with van der Waals surface area (Å²) in [6.45, 7) is 5.69. The Kier molecular flexibility index (Phi) is 1.49. The highest BCUT2D eigenvalue weighted by Gasteiger charge is 2.03. The fourth-order valence-corrected chi connectivity index (χ4v) is 0.977. The van der Waals surface area contributed by atoms with Gasteiger partial charge in [0.1, 0.15) is 0 Å². The Morgan fingerprint density at radius 1 is 1.80 bits per heavy atom. The van der Waals surface area contributed by atoms with Crippen molar-refractivity contribution in [2.24, 2.45) is 7.05 Å². The van der Waals surface area contributed by atoms with Crippen LogP contribution in [0, 0.1) is 0 Å². The van der Waals surface area contributed by atoms with Crippen LogP contribution in [0.25, 0.3) is 5.57 Å². The summed E-state index contributed by atoms with van der Waals surface area (Å²) in [5.41, 5.74) is 8.15. The van der Waals surface area contributed by atoms with Gasteiger partial charge in [-0.05, 0) is 12.5 Å². The lowest BCUT2D eigenvalue weighted by Crippen LogP contribution is -1.97. The van der Waals surface area contributed by atoms with E-state index in [0.29, 0.717) is 5.69 Å². The molecule has 0 radical (unpaired) electrons. The Morgan fingerprint density at radius 2 is 2.40 bits per heavy atom. The van der Waals surface area contributed by atoms with Crippen molar-refractivity contribution in [3.05, 3.63) is 18.5 Å². The van der Waals surface area contributed by atoms with E-state index in [2.05, 4.69) is 11.7 Å². The summed E-state index contributed by atoms with van der Waals surface area (Å²) >= 11 is 0. The fraction of sp³-hybridized carbons (Fsp3) is 0.286. The zero-order valence-electron chi connectivity index (χ0n) is 6.26. The molecule has 1 aromatic heterocycles. The van der Waals surface area contributed by atoms with Gasteiger partial charge in [0.2, 0.25) is 0 Å². The lowest BCUT2D eigenvalue weighted by Gasteiger charge is -1.99. The van der Waals surface area contributed by atoms with Crippen molar-refractivity contribution in [2.45, 2.75) is 6.92 Å². The SMILES string of the molecule is C=C(C)c1c(N)cnn1C. The van der Waals surface area contributed by atoms with Crippen LogP contribution in [0.5, 0.6) is 0 Å². The zero-order chi connectivity index (χ0) is 7.72. The Balaban J connectivity index is 3.23. The molecular formula is C7H11N3. The predicted octanol–water partition coefficient (Wildman–Crippen LogP) is 1.04. The van der Waals surface area contributed by atoms with Crippen LogP contribution in [-0.2, 0) is 7.05 Å². The number of aryl methyl sites for hydroxylation is 1. The van der Waals surface area contributed by atoms with Crippen molar-refractivity contribution in [3.63, 3.8) is 0 Å². The first-order chi connectivity index (χ1) is 4.63. The molecule has 2 N–H and O–H groups in total. The van der Waals surface area contributed by atoms with Crippen LogP contribution in [0.3, 0.4) is 0 Å². The van der Waals surface area contributed by atoms with E-state index >= 15 is 0 Å². The molecule has 1 rings (SSSR count).